The fourth-order valence-electron chi connectivity index (χ4n) is 2.22. The zero-order valence-corrected chi connectivity index (χ0v) is 11.2. The van der Waals surface area contributed by atoms with Crippen molar-refractivity contribution in [2.24, 2.45) is 5.73 Å². The van der Waals surface area contributed by atoms with Crippen molar-refractivity contribution in [3.05, 3.63) is 0 Å². The lowest BCUT2D eigenvalue weighted by Crippen LogP contribution is -2.47. The first-order valence-corrected chi connectivity index (χ1v) is 7.56. The molecule has 0 saturated heterocycles. The topological polar surface area (TPSA) is 55.1 Å². The second-order valence-corrected chi connectivity index (χ2v) is 5.65. The first-order valence-electron chi connectivity index (χ1n) is 6.27. The molecule has 16 heavy (non-hydrogen) atoms. The van der Waals surface area contributed by atoms with Crippen molar-refractivity contribution >= 4 is 17.7 Å². The quantitative estimate of drug-likeness (QED) is 0.750. The van der Waals surface area contributed by atoms with Crippen molar-refractivity contribution in [3.8, 4) is 0 Å². The Bertz CT molecular complexity index is 223. The number of rotatable bonds is 6. The third-order valence-corrected chi connectivity index (χ3v) is 4.46. The van der Waals surface area contributed by atoms with E-state index in [1.54, 1.807) is 0 Å². The van der Waals surface area contributed by atoms with Crippen LogP contribution in [0.15, 0.2) is 0 Å². The van der Waals surface area contributed by atoms with Crippen molar-refractivity contribution in [1.29, 1.82) is 0 Å². The van der Waals surface area contributed by atoms with Gasteiger partial charge in [-0.1, -0.05) is 26.2 Å². The average Bonchev–Trinajstić information content (AvgIpc) is 2.72. The number of carbonyl (C=O) groups is 1. The smallest absolute Gasteiger partial charge is 0.237 e. The monoisotopic (exact) mass is 244 g/mol. The summed E-state index contributed by atoms with van der Waals surface area (Å²) in [5.74, 6) is 0.0411. The molecular weight excluding hydrogens is 220 g/mol. The van der Waals surface area contributed by atoms with E-state index in [2.05, 4.69) is 18.5 Å². The fourth-order valence-corrected chi connectivity index (χ4v) is 3.15. The summed E-state index contributed by atoms with van der Waals surface area (Å²) < 4.78 is 0. The molecule has 0 aliphatic heterocycles. The van der Waals surface area contributed by atoms with Gasteiger partial charge in [-0.05, 0) is 25.5 Å². The van der Waals surface area contributed by atoms with Crippen LogP contribution in [0.5, 0.6) is 0 Å². The van der Waals surface area contributed by atoms with E-state index in [1.165, 1.54) is 12.8 Å². The zero-order chi connectivity index (χ0) is 12.0. The Kier molecular flexibility index (Phi) is 6.21. The molecule has 3 nitrogen and oxygen atoms in total. The lowest BCUT2D eigenvalue weighted by Gasteiger charge is -2.21. The molecule has 1 amide bonds. The lowest BCUT2D eigenvalue weighted by atomic mass is 10.1. The van der Waals surface area contributed by atoms with E-state index in [-0.39, 0.29) is 11.9 Å². The number of nitrogens with one attached hydrogen (secondary N) is 1. The molecule has 0 aromatic rings. The van der Waals surface area contributed by atoms with Gasteiger partial charge >= 0.3 is 0 Å². The minimum atomic E-state index is -0.317. The number of carbonyl (C=O) groups excluding carboxylic acids is 1. The molecule has 3 unspecified atom stereocenters. The van der Waals surface area contributed by atoms with Gasteiger partial charge in [0.15, 0.2) is 0 Å². The molecule has 1 aliphatic carbocycles. The van der Waals surface area contributed by atoms with Gasteiger partial charge in [0.1, 0.15) is 0 Å². The maximum Gasteiger partial charge on any atom is 0.237 e. The van der Waals surface area contributed by atoms with Crippen molar-refractivity contribution in [2.45, 2.75) is 62.8 Å². The van der Waals surface area contributed by atoms with E-state index in [0.29, 0.717) is 11.3 Å². The summed E-state index contributed by atoms with van der Waals surface area (Å²) in [7, 11) is 0. The van der Waals surface area contributed by atoms with Gasteiger partial charge in [0.2, 0.25) is 5.91 Å². The van der Waals surface area contributed by atoms with Crippen LogP contribution in [0.4, 0.5) is 0 Å². The Balaban J connectivity index is 2.32. The predicted molar refractivity (Wildman–Crippen MR) is 70.6 cm³/mol. The number of hydrogen-bond donors (Lipinski definition) is 2. The van der Waals surface area contributed by atoms with Crippen LogP contribution < -0.4 is 11.1 Å². The molecule has 4 heteroatoms. The summed E-state index contributed by atoms with van der Waals surface area (Å²) in [4.78, 5) is 11.8. The molecule has 0 bridgehead atoms. The zero-order valence-electron chi connectivity index (χ0n) is 10.4. The number of amides is 1. The van der Waals surface area contributed by atoms with Crippen LogP contribution in [0, 0.1) is 0 Å². The molecule has 0 heterocycles. The highest BCUT2D eigenvalue weighted by Crippen LogP contribution is 2.28. The van der Waals surface area contributed by atoms with Crippen LogP contribution in [-0.4, -0.2) is 29.5 Å². The van der Waals surface area contributed by atoms with E-state index in [1.807, 2.05) is 11.8 Å². The molecule has 0 spiro atoms. The summed E-state index contributed by atoms with van der Waals surface area (Å²) in [6, 6.07) is 0.0261. The van der Waals surface area contributed by atoms with Gasteiger partial charge in [0.25, 0.3) is 0 Å². The molecule has 0 aromatic carbocycles. The second-order valence-electron chi connectivity index (χ2n) is 4.57. The van der Waals surface area contributed by atoms with Gasteiger partial charge in [-0.2, -0.15) is 11.8 Å². The van der Waals surface area contributed by atoms with Crippen molar-refractivity contribution in [2.75, 3.05) is 6.26 Å². The van der Waals surface area contributed by atoms with Crippen LogP contribution in [0.3, 0.4) is 0 Å². The summed E-state index contributed by atoms with van der Waals surface area (Å²) in [6.45, 7) is 2.12. The Labute approximate surface area is 103 Å². The maximum absolute atomic E-state index is 11.8. The number of nitrogens with two attached hydrogens (primary N) is 1. The third kappa shape index (κ3) is 3.98. The van der Waals surface area contributed by atoms with Gasteiger partial charge in [0, 0.05) is 11.3 Å². The van der Waals surface area contributed by atoms with E-state index >= 15 is 0 Å². The first-order chi connectivity index (χ1) is 7.69. The average molecular weight is 244 g/mol. The third-order valence-electron chi connectivity index (χ3n) is 3.29. The highest BCUT2D eigenvalue weighted by molar-refractivity contribution is 7.99. The fraction of sp³-hybridized carbons (Fsp3) is 0.917. The van der Waals surface area contributed by atoms with Crippen LogP contribution >= 0.6 is 11.8 Å². The first kappa shape index (κ1) is 13.8. The Morgan fingerprint density at radius 2 is 2.31 bits per heavy atom. The molecule has 1 saturated carbocycles. The highest BCUT2D eigenvalue weighted by Gasteiger charge is 2.28. The molecule has 0 aromatic heterocycles. The molecule has 94 valence electrons. The molecule has 1 rings (SSSR count). The van der Waals surface area contributed by atoms with E-state index in [4.69, 9.17) is 5.73 Å². The van der Waals surface area contributed by atoms with Crippen molar-refractivity contribution in [3.63, 3.8) is 0 Å². The predicted octanol–water partition coefficient (Wildman–Crippen LogP) is 1.90. The van der Waals surface area contributed by atoms with Gasteiger partial charge < -0.3 is 11.1 Å². The van der Waals surface area contributed by atoms with Gasteiger partial charge in [0.05, 0.1) is 6.04 Å². The summed E-state index contributed by atoms with van der Waals surface area (Å²) in [5.41, 5.74) is 5.85. The SMILES string of the molecule is CCCCC(N)C(=O)NC1CCCC1SC. The Morgan fingerprint density at radius 3 is 2.94 bits per heavy atom. The normalized spacial score (nSPS) is 26.7. The van der Waals surface area contributed by atoms with Crippen molar-refractivity contribution < 1.29 is 4.79 Å². The molecule has 1 fully saturated rings. The lowest BCUT2D eigenvalue weighted by molar-refractivity contribution is -0.123. The molecule has 0 radical (unpaired) electrons. The number of thioether (sulfide) groups is 1. The minimum Gasteiger partial charge on any atom is -0.351 e. The highest BCUT2D eigenvalue weighted by atomic mass is 32.2. The molecular formula is C12H24N2OS. The second kappa shape index (κ2) is 7.17. The van der Waals surface area contributed by atoms with E-state index in [9.17, 15) is 4.79 Å². The van der Waals surface area contributed by atoms with Crippen LogP contribution in [-0.2, 0) is 4.79 Å². The molecule has 3 atom stereocenters. The van der Waals surface area contributed by atoms with Crippen molar-refractivity contribution in [1.82, 2.24) is 5.32 Å². The van der Waals surface area contributed by atoms with E-state index < -0.39 is 0 Å². The van der Waals surface area contributed by atoms with Gasteiger partial charge in [-0.25, -0.2) is 0 Å². The maximum atomic E-state index is 11.8. The summed E-state index contributed by atoms with van der Waals surface area (Å²) in [6.07, 6.45) is 8.60. The van der Waals surface area contributed by atoms with E-state index in [0.717, 1.165) is 25.7 Å². The molecule has 1 aliphatic rings. The van der Waals surface area contributed by atoms with Gasteiger partial charge in [-0.3, -0.25) is 4.79 Å². The summed E-state index contributed by atoms with van der Waals surface area (Å²) in [5, 5.41) is 3.69. The number of unbranched alkanes of at least 4 members (excludes halogenated alkanes) is 1. The number of hydrogen-bond acceptors (Lipinski definition) is 3. The Hall–Kier alpha value is -0.220. The van der Waals surface area contributed by atoms with Crippen LogP contribution in [0.25, 0.3) is 0 Å². The molecule has 3 N–H and O–H groups in total. The van der Waals surface area contributed by atoms with Crippen LogP contribution in [0.2, 0.25) is 0 Å². The largest absolute Gasteiger partial charge is 0.351 e. The standard InChI is InChI=1S/C12H24N2OS/c1-3-4-6-9(13)12(15)14-10-7-5-8-11(10)16-2/h9-11H,3-8,13H2,1-2H3,(H,14,15). The van der Waals surface area contributed by atoms with Gasteiger partial charge in [-0.15, -0.1) is 0 Å². The summed E-state index contributed by atoms with van der Waals surface area (Å²) >= 11 is 1.86. The van der Waals surface area contributed by atoms with Crippen LogP contribution in [0.1, 0.15) is 45.4 Å². The minimum absolute atomic E-state index is 0.0411. The Morgan fingerprint density at radius 1 is 1.56 bits per heavy atom.